The van der Waals surface area contributed by atoms with Crippen LogP contribution in [-0.2, 0) is 0 Å². The maximum Gasteiger partial charge on any atom is 0.336 e. The molecule has 0 aliphatic carbocycles. The Labute approximate surface area is 205 Å². The molecule has 4 aromatic rings. The number of benzene rings is 4. The van der Waals surface area contributed by atoms with Gasteiger partial charge in [0, 0.05) is 0 Å². The summed E-state index contributed by atoms with van der Waals surface area (Å²) in [4.78, 5) is 44.0. The van der Waals surface area contributed by atoms with Crippen molar-refractivity contribution in [2.75, 3.05) is 0 Å². The molecule has 8 nitrogen and oxygen atoms in total. The molecule has 0 unspecified atom stereocenters. The predicted molar refractivity (Wildman–Crippen MR) is 132 cm³/mol. The molecule has 0 aliphatic rings. The monoisotopic (exact) mass is 484 g/mol. The maximum atomic E-state index is 11.1. The van der Waals surface area contributed by atoms with Crippen molar-refractivity contribution in [1.82, 2.24) is 0 Å². The van der Waals surface area contributed by atoms with E-state index in [0.29, 0.717) is 22.3 Å². The van der Waals surface area contributed by atoms with Gasteiger partial charge in [-0.3, -0.25) is 0 Å². The van der Waals surface area contributed by atoms with Crippen LogP contribution in [0.4, 0.5) is 0 Å². The molecule has 0 amide bonds. The van der Waals surface area contributed by atoms with Crippen molar-refractivity contribution in [2.45, 2.75) is 0 Å². The summed E-state index contributed by atoms with van der Waals surface area (Å²) in [6.07, 6.45) is 0. The molecule has 0 heterocycles. The molecule has 0 aromatic heterocycles. The van der Waals surface area contributed by atoms with Crippen LogP contribution in [0.15, 0.2) is 97.1 Å². The number of hydrogen-bond acceptors (Lipinski definition) is 4. The number of hydrogen-bond donors (Lipinski definition) is 4. The van der Waals surface area contributed by atoms with E-state index in [1.165, 1.54) is 36.4 Å². The summed E-state index contributed by atoms with van der Waals surface area (Å²) in [6, 6.07) is 25.5. The smallest absolute Gasteiger partial charge is 0.336 e. The molecule has 180 valence electrons. The Balaban J connectivity index is 0.000000201. The molecule has 4 aromatic carbocycles. The Morgan fingerprint density at radius 2 is 0.778 bits per heavy atom. The van der Waals surface area contributed by atoms with Crippen LogP contribution in [0.5, 0.6) is 0 Å². The van der Waals surface area contributed by atoms with Gasteiger partial charge in [-0.05, 0) is 58.7 Å². The van der Waals surface area contributed by atoms with E-state index in [9.17, 15) is 19.2 Å². The number of aromatic carboxylic acids is 4. The van der Waals surface area contributed by atoms with Gasteiger partial charge in [-0.25, -0.2) is 19.2 Å². The van der Waals surface area contributed by atoms with E-state index < -0.39 is 23.9 Å². The zero-order valence-electron chi connectivity index (χ0n) is 18.7. The number of rotatable bonds is 6. The van der Waals surface area contributed by atoms with E-state index in [0.717, 1.165) is 0 Å². The summed E-state index contributed by atoms with van der Waals surface area (Å²) >= 11 is 0. The highest BCUT2D eigenvalue weighted by molar-refractivity contribution is 6.02. The van der Waals surface area contributed by atoms with E-state index in [2.05, 4.69) is 0 Å². The minimum Gasteiger partial charge on any atom is -0.478 e. The molecular weight excluding hydrogens is 464 g/mol. The second-order valence-electron chi connectivity index (χ2n) is 7.47. The van der Waals surface area contributed by atoms with Gasteiger partial charge in [0.05, 0.1) is 22.3 Å². The van der Waals surface area contributed by atoms with E-state index in [4.69, 9.17) is 20.4 Å². The van der Waals surface area contributed by atoms with E-state index >= 15 is 0 Å². The van der Waals surface area contributed by atoms with Crippen LogP contribution in [0.3, 0.4) is 0 Å². The van der Waals surface area contributed by atoms with Crippen LogP contribution in [-0.4, -0.2) is 44.3 Å². The normalized spacial score (nSPS) is 10.0. The fraction of sp³-hybridized carbons (Fsp3) is 0. The minimum absolute atomic E-state index is 0.0891. The van der Waals surface area contributed by atoms with Crippen LogP contribution < -0.4 is 0 Å². The van der Waals surface area contributed by atoms with Gasteiger partial charge in [0.25, 0.3) is 0 Å². The molecule has 0 saturated heterocycles. The molecule has 0 atom stereocenters. The van der Waals surface area contributed by atoms with Crippen LogP contribution in [0.25, 0.3) is 22.3 Å². The topological polar surface area (TPSA) is 149 Å². The van der Waals surface area contributed by atoms with Gasteiger partial charge in [-0.2, -0.15) is 0 Å². The SMILES string of the molecule is O=C(O)c1cccc(-c2cccc(C(=O)O)c2)c1.O=C(O)c1ccccc1-c1ccccc1C(=O)O. The quantitative estimate of drug-likeness (QED) is 0.280. The Hall–Kier alpha value is -5.24. The predicted octanol–water partition coefficient (Wildman–Crippen LogP) is 5.50. The highest BCUT2D eigenvalue weighted by Crippen LogP contribution is 2.27. The van der Waals surface area contributed by atoms with Crippen molar-refractivity contribution in [3.8, 4) is 22.3 Å². The first kappa shape index (κ1) is 25.4. The summed E-state index contributed by atoms with van der Waals surface area (Å²) in [5.74, 6) is -4.17. The van der Waals surface area contributed by atoms with Crippen molar-refractivity contribution >= 4 is 23.9 Å². The fourth-order valence-corrected chi connectivity index (χ4v) is 3.47. The first-order valence-corrected chi connectivity index (χ1v) is 10.5. The van der Waals surface area contributed by atoms with E-state index in [-0.39, 0.29) is 22.3 Å². The molecule has 0 saturated carbocycles. The van der Waals surface area contributed by atoms with Gasteiger partial charge >= 0.3 is 23.9 Å². The average molecular weight is 484 g/mol. The van der Waals surface area contributed by atoms with Crippen molar-refractivity contribution in [1.29, 1.82) is 0 Å². The molecule has 0 spiro atoms. The van der Waals surface area contributed by atoms with Gasteiger partial charge in [0.1, 0.15) is 0 Å². The maximum absolute atomic E-state index is 11.1. The van der Waals surface area contributed by atoms with Crippen LogP contribution >= 0.6 is 0 Å². The van der Waals surface area contributed by atoms with Crippen molar-refractivity contribution in [3.05, 3.63) is 119 Å². The van der Waals surface area contributed by atoms with Gasteiger partial charge in [0.2, 0.25) is 0 Å². The van der Waals surface area contributed by atoms with Crippen LogP contribution in [0.2, 0.25) is 0 Å². The molecule has 8 heteroatoms. The Bertz CT molecular complexity index is 1340. The molecule has 4 rings (SSSR count). The highest BCUT2D eigenvalue weighted by Gasteiger charge is 2.16. The van der Waals surface area contributed by atoms with Gasteiger partial charge in [-0.15, -0.1) is 0 Å². The standard InChI is InChI=1S/2C14H10O4/c15-13(16)11-5-1-3-9(7-11)10-4-2-6-12(8-10)14(17)18;15-13(16)11-7-3-1-5-9(11)10-6-2-4-8-12(10)14(17)18/h2*1-8H,(H,15,16)(H,17,18). The Morgan fingerprint density at radius 3 is 1.11 bits per heavy atom. The number of carboxylic acids is 4. The third-order valence-corrected chi connectivity index (χ3v) is 5.16. The second kappa shape index (κ2) is 11.3. The molecule has 0 radical (unpaired) electrons. The van der Waals surface area contributed by atoms with Gasteiger partial charge in [-0.1, -0.05) is 60.7 Å². The molecule has 0 bridgehead atoms. The lowest BCUT2D eigenvalue weighted by molar-refractivity contribution is 0.0684. The Kier molecular flexibility index (Phi) is 7.94. The Morgan fingerprint density at radius 1 is 0.417 bits per heavy atom. The third kappa shape index (κ3) is 6.00. The largest absolute Gasteiger partial charge is 0.478 e. The highest BCUT2D eigenvalue weighted by atomic mass is 16.4. The summed E-state index contributed by atoms with van der Waals surface area (Å²) in [7, 11) is 0. The average Bonchev–Trinajstić information content (AvgIpc) is 2.89. The summed E-state index contributed by atoms with van der Waals surface area (Å²) in [5.41, 5.74) is 2.70. The molecule has 0 aliphatic heterocycles. The van der Waals surface area contributed by atoms with Crippen LogP contribution in [0, 0.1) is 0 Å². The molecule has 36 heavy (non-hydrogen) atoms. The van der Waals surface area contributed by atoms with Crippen molar-refractivity contribution in [2.24, 2.45) is 0 Å². The first-order chi connectivity index (χ1) is 17.2. The fourth-order valence-electron chi connectivity index (χ4n) is 3.47. The van der Waals surface area contributed by atoms with Crippen molar-refractivity contribution in [3.63, 3.8) is 0 Å². The minimum atomic E-state index is -1.08. The second-order valence-corrected chi connectivity index (χ2v) is 7.47. The van der Waals surface area contributed by atoms with Crippen molar-refractivity contribution < 1.29 is 39.6 Å². The lowest BCUT2D eigenvalue weighted by atomic mass is 9.95. The molecule has 4 N–H and O–H groups in total. The number of carboxylic acid groups (broad SMARTS) is 4. The van der Waals surface area contributed by atoms with E-state index in [1.807, 2.05) is 0 Å². The van der Waals surface area contributed by atoms with Gasteiger partial charge < -0.3 is 20.4 Å². The molecular formula is C28H20O8. The zero-order chi connectivity index (χ0) is 26.2. The lowest BCUT2D eigenvalue weighted by Gasteiger charge is -2.08. The summed E-state index contributed by atoms with van der Waals surface area (Å²) in [5, 5.41) is 36.0. The van der Waals surface area contributed by atoms with Crippen LogP contribution in [0.1, 0.15) is 41.4 Å². The first-order valence-electron chi connectivity index (χ1n) is 10.5. The molecule has 0 fully saturated rings. The van der Waals surface area contributed by atoms with E-state index in [1.54, 1.807) is 60.7 Å². The van der Waals surface area contributed by atoms with Gasteiger partial charge in [0.15, 0.2) is 0 Å². The lowest BCUT2D eigenvalue weighted by Crippen LogP contribution is -2.03. The number of carbonyl (C=O) groups is 4. The summed E-state index contributed by atoms with van der Waals surface area (Å²) in [6.45, 7) is 0. The zero-order valence-corrected chi connectivity index (χ0v) is 18.7. The third-order valence-electron chi connectivity index (χ3n) is 5.16. The summed E-state index contributed by atoms with van der Waals surface area (Å²) < 4.78 is 0.